The van der Waals surface area contributed by atoms with E-state index in [1.54, 1.807) is 6.07 Å². The van der Waals surface area contributed by atoms with Crippen molar-refractivity contribution in [2.75, 3.05) is 13.2 Å². The summed E-state index contributed by atoms with van der Waals surface area (Å²) < 4.78 is 5.50. The summed E-state index contributed by atoms with van der Waals surface area (Å²) in [5.74, 6) is -0.000937. The number of H-pyrrole nitrogens is 1. The number of amides is 1. The first-order valence-corrected chi connectivity index (χ1v) is 8.59. The molecule has 0 unspecified atom stereocenters. The minimum Gasteiger partial charge on any atom is -0.376 e. The SMILES string of the molecule is C[C@H](Sc1nc2ccc(Cl)cc2[nH]1)C(=O)NC[C@H]1CCCO1. The first-order valence-electron chi connectivity index (χ1n) is 7.33. The molecule has 118 valence electrons. The highest BCUT2D eigenvalue weighted by Crippen LogP contribution is 2.25. The van der Waals surface area contributed by atoms with Gasteiger partial charge in [-0.1, -0.05) is 23.4 Å². The van der Waals surface area contributed by atoms with Crippen molar-refractivity contribution in [3.63, 3.8) is 0 Å². The van der Waals surface area contributed by atoms with Gasteiger partial charge in [0, 0.05) is 18.2 Å². The van der Waals surface area contributed by atoms with Crippen LogP contribution in [0.25, 0.3) is 11.0 Å². The average molecular weight is 340 g/mol. The van der Waals surface area contributed by atoms with E-state index in [1.165, 1.54) is 11.8 Å². The number of aromatic amines is 1. The molecule has 0 radical (unpaired) electrons. The number of ether oxygens (including phenoxy) is 1. The minimum atomic E-state index is -0.225. The standard InChI is InChI=1S/C15H18ClN3O2S/c1-9(14(20)17-8-11-3-2-6-21-11)22-15-18-12-5-4-10(16)7-13(12)19-15/h4-5,7,9,11H,2-3,6,8H2,1H3,(H,17,20)(H,18,19)/t9-,11+/m0/s1. The number of fused-ring (bicyclic) bond motifs is 1. The Morgan fingerprint density at radius 1 is 1.64 bits per heavy atom. The summed E-state index contributed by atoms with van der Waals surface area (Å²) in [6.07, 6.45) is 2.26. The Balaban J connectivity index is 1.57. The quantitative estimate of drug-likeness (QED) is 0.822. The maximum atomic E-state index is 12.1. The molecule has 0 bridgehead atoms. The molecular formula is C15H18ClN3O2S. The topological polar surface area (TPSA) is 67.0 Å². The Hall–Kier alpha value is -1.24. The van der Waals surface area contributed by atoms with Crippen LogP contribution >= 0.6 is 23.4 Å². The summed E-state index contributed by atoms with van der Waals surface area (Å²) in [6.45, 7) is 3.25. The lowest BCUT2D eigenvalue weighted by Gasteiger charge is -2.13. The summed E-state index contributed by atoms with van der Waals surface area (Å²) in [6, 6.07) is 5.49. The lowest BCUT2D eigenvalue weighted by molar-refractivity contribution is -0.120. The van der Waals surface area contributed by atoms with Crippen molar-refractivity contribution in [3.8, 4) is 0 Å². The number of thioether (sulfide) groups is 1. The maximum Gasteiger partial charge on any atom is 0.233 e. The highest BCUT2D eigenvalue weighted by molar-refractivity contribution is 8.00. The molecule has 2 atom stereocenters. The third kappa shape index (κ3) is 3.74. The monoisotopic (exact) mass is 339 g/mol. The van der Waals surface area contributed by atoms with Crippen LogP contribution in [-0.2, 0) is 9.53 Å². The number of benzene rings is 1. The zero-order valence-electron chi connectivity index (χ0n) is 12.3. The number of halogens is 1. The number of hydrogen-bond donors (Lipinski definition) is 2. The molecule has 1 aliphatic heterocycles. The second kappa shape index (κ2) is 6.89. The van der Waals surface area contributed by atoms with Gasteiger partial charge in [-0.15, -0.1) is 0 Å². The number of hydrogen-bond acceptors (Lipinski definition) is 4. The molecule has 1 saturated heterocycles. The number of carbonyl (C=O) groups excluding carboxylic acids is 1. The van der Waals surface area contributed by atoms with E-state index < -0.39 is 0 Å². The van der Waals surface area contributed by atoms with E-state index in [4.69, 9.17) is 16.3 Å². The van der Waals surface area contributed by atoms with Gasteiger partial charge in [-0.3, -0.25) is 4.79 Å². The van der Waals surface area contributed by atoms with E-state index in [0.717, 1.165) is 35.6 Å². The fraction of sp³-hybridized carbons (Fsp3) is 0.467. The smallest absolute Gasteiger partial charge is 0.233 e. The highest BCUT2D eigenvalue weighted by Gasteiger charge is 2.20. The number of nitrogens with one attached hydrogen (secondary N) is 2. The molecule has 0 aliphatic carbocycles. The molecule has 2 heterocycles. The molecule has 1 fully saturated rings. The summed E-state index contributed by atoms with van der Waals surface area (Å²) in [7, 11) is 0. The first kappa shape index (κ1) is 15.6. The van der Waals surface area contributed by atoms with Gasteiger partial charge in [-0.2, -0.15) is 0 Å². The molecule has 22 heavy (non-hydrogen) atoms. The zero-order valence-corrected chi connectivity index (χ0v) is 13.8. The van der Waals surface area contributed by atoms with Crippen molar-refractivity contribution in [2.45, 2.75) is 36.3 Å². The lowest BCUT2D eigenvalue weighted by atomic mass is 10.2. The number of aromatic nitrogens is 2. The van der Waals surface area contributed by atoms with Gasteiger partial charge in [0.2, 0.25) is 5.91 Å². The van der Waals surface area contributed by atoms with Crippen molar-refractivity contribution in [2.24, 2.45) is 0 Å². The Kier molecular flexibility index (Phi) is 4.90. The predicted molar refractivity (Wildman–Crippen MR) is 88.4 cm³/mol. The Morgan fingerprint density at radius 3 is 3.27 bits per heavy atom. The Labute approximate surface area is 138 Å². The first-order chi connectivity index (χ1) is 10.6. The van der Waals surface area contributed by atoms with E-state index in [2.05, 4.69) is 15.3 Å². The summed E-state index contributed by atoms with van der Waals surface area (Å²) in [5.41, 5.74) is 1.72. The van der Waals surface area contributed by atoms with E-state index in [1.807, 2.05) is 19.1 Å². The van der Waals surface area contributed by atoms with Crippen molar-refractivity contribution in [3.05, 3.63) is 23.2 Å². The van der Waals surface area contributed by atoms with E-state index in [-0.39, 0.29) is 17.3 Å². The van der Waals surface area contributed by atoms with Crippen LogP contribution in [0.1, 0.15) is 19.8 Å². The molecule has 2 N–H and O–H groups in total. The fourth-order valence-corrected chi connectivity index (χ4v) is 3.42. The molecule has 5 nitrogen and oxygen atoms in total. The van der Waals surface area contributed by atoms with E-state index in [9.17, 15) is 4.79 Å². The number of carbonyl (C=O) groups is 1. The molecule has 0 saturated carbocycles. The summed E-state index contributed by atoms with van der Waals surface area (Å²) >= 11 is 7.36. The molecule has 7 heteroatoms. The Morgan fingerprint density at radius 2 is 2.50 bits per heavy atom. The van der Waals surface area contributed by atoms with Crippen LogP contribution in [-0.4, -0.2) is 40.4 Å². The van der Waals surface area contributed by atoms with Crippen LogP contribution in [0.15, 0.2) is 23.4 Å². The van der Waals surface area contributed by atoms with E-state index in [0.29, 0.717) is 11.6 Å². The van der Waals surface area contributed by atoms with Crippen molar-refractivity contribution < 1.29 is 9.53 Å². The molecule has 3 rings (SSSR count). The second-order valence-corrected chi connectivity index (χ2v) is 7.11. The van der Waals surface area contributed by atoms with Crippen molar-refractivity contribution >= 4 is 40.3 Å². The molecule has 1 amide bonds. The normalized spacial score (nSPS) is 19.5. The molecule has 0 spiro atoms. The van der Waals surface area contributed by atoms with Crippen LogP contribution in [0.4, 0.5) is 0 Å². The largest absolute Gasteiger partial charge is 0.376 e. The molecular weight excluding hydrogens is 322 g/mol. The van der Waals surface area contributed by atoms with Crippen molar-refractivity contribution in [1.29, 1.82) is 0 Å². The predicted octanol–water partition coefficient (Wildman–Crippen LogP) is 2.99. The average Bonchev–Trinajstić information content (AvgIpc) is 3.12. The molecule has 1 aliphatic rings. The lowest BCUT2D eigenvalue weighted by Crippen LogP contribution is -2.36. The number of nitrogens with zero attached hydrogens (tertiary/aromatic N) is 1. The molecule has 1 aromatic heterocycles. The van der Waals surface area contributed by atoms with E-state index >= 15 is 0 Å². The van der Waals surface area contributed by atoms with Gasteiger partial charge in [-0.25, -0.2) is 4.98 Å². The molecule has 1 aromatic carbocycles. The summed E-state index contributed by atoms with van der Waals surface area (Å²) in [4.78, 5) is 19.8. The van der Waals surface area contributed by atoms with Gasteiger partial charge in [-0.05, 0) is 38.0 Å². The van der Waals surface area contributed by atoms with Gasteiger partial charge in [0.25, 0.3) is 0 Å². The number of imidazole rings is 1. The third-order valence-corrected chi connectivity index (χ3v) is 4.83. The molecule has 2 aromatic rings. The number of rotatable bonds is 5. The maximum absolute atomic E-state index is 12.1. The van der Waals surface area contributed by atoms with Gasteiger partial charge >= 0.3 is 0 Å². The van der Waals surface area contributed by atoms with Gasteiger partial charge in [0.1, 0.15) is 0 Å². The van der Waals surface area contributed by atoms with Crippen molar-refractivity contribution in [1.82, 2.24) is 15.3 Å². The highest BCUT2D eigenvalue weighted by atomic mass is 35.5. The van der Waals surface area contributed by atoms with Crippen LogP contribution in [0.2, 0.25) is 5.02 Å². The van der Waals surface area contributed by atoms with Crippen LogP contribution in [0.3, 0.4) is 0 Å². The third-order valence-electron chi connectivity index (χ3n) is 3.61. The van der Waals surface area contributed by atoms with Gasteiger partial charge < -0.3 is 15.0 Å². The Bertz CT molecular complexity index is 670. The second-order valence-electron chi connectivity index (χ2n) is 5.34. The minimum absolute atomic E-state index is 0.000937. The van der Waals surface area contributed by atoms with Gasteiger partial charge in [0.15, 0.2) is 5.16 Å². The fourth-order valence-electron chi connectivity index (χ4n) is 2.40. The summed E-state index contributed by atoms with van der Waals surface area (Å²) in [5, 5.41) is 4.10. The van der Waals surface area contributed by atoms with Crippen LogP contribution < -0.4 is 5.32 Å². The van der Waals surface area contributed by atoms with Crippen LogP contribution in [0, 0.1) is 0 Å². The van der Waals surface area contributed by atoms with Gasteiger partial charge in [0.05, 0.1) is 22.4 Å². The zero-order chi connectivity index (χ0) is 15.5. The van der Waals surface area contributed by atoms with Crippen LogP contribution in [0.5, 0.6) is 0 Å².